The van der Waals surface area contributed by atoms with Crippen LogP contribution < -0.4 is 20.9 Å². The summed E-state index contributed by atoms with van der Waals surface area (Å²) in [7, 11) is 1.60. The van der Waals surface area contributed by atoms with E-state index in [0.717, 1.165) is 33.3 Å². The van der Waals surface area contributed by atoms with Gasteiger partial charge in [-0.25, -0.2) is 9.78 Å². The smallest absolute Gasteiger partial charge is 0.323 e. The first-order valence-electron chi connectivity index (χ1n) is 15.8. The molecule has 0 aliphatic rings. The Morgan fingerprint density at radius 3 is 2.24 bits per heavy atom. The van der Waals surface area contributed by atoms with E-state index in [1.165, 1.54) is 0 Å². The van der Waals surface area contributed by atoms with Crippen LogP contribution in [0.1, 0.15) is 62.6 Å². The second-order valence-electron chi connectivity index (χ2n) is 11.9. The van der Waals surface area contributed by atoms with Crippen LogP contribution in [0.15, 0.2) is 95.9 Å². The topological polar surface area (TPSA) is 94.5 Å². The van der Waals surface area contributed by atoms with E-state index in [4.69, 9.17) is 9.47 Å². The predicted octanol–water partition coefficient (Wildman–Crippen LogP) is 8.57. The number of aryl methyl sites for hydroxylation is 1. The summed E-state index contributed by atoms with van der Waals surface area (Å²) >= 11 is 0. The van der Waals surface area contributed by atoms with Crippen molar-refractivity contribution in [3.8, 4) is 16.9 Å². The number of carbonyl (C=O) groups excluding carboxylic acids is 1. The van der Waals surface area contributed by atoms with Gasteiger partial charge in [0.1, 0.15) is 17.1 Å². The first kappa shape index (κ1) is 32.4. The van der Waals surface area contributed by atoms with Crippen LogP contribution in [-0.4, -0.2) is 29.3 Å². The van der Waals surface area contributed by atoms with Gasteiger partial charge in [0.05, 0.1) is 13.7 Å². The lowest BCUT2D eigenvalue weighted by atomic mass is 9.93. The van der Waals surface area contributed by atoms with Crippen molar-refractivity contribution in [2.24, 2.45) is 0 Å². The van der Waals surface area contributed by atoms with Crippen LogP contribution in [0.25, 0.3) is 22.2 Å². The van der Waals surface area contributed by atoms with Gasteiger partial charge in [0.2, 0.25) is 0 Å². The molecule has 0 saturated carbocycles. The van der Waals surface area contributed by atoms with Crippen molar-refractivity contribution in [1.82, 2.24) is 9.55 Å². The Labute approximate surface area is 270 Å². The van der Waals surface area contributed by atoms with Crippen LogP contribution in [0.4, 0.5) is 16.2 Å². The van der Waals surface area contributed by atoms with Gasteiger partial charge in [-0.15, -0.1) is 0 Å². The Balaban J connectivity index is 1.54. The summed E-state index contributed by atoms with van der Waals surface area (Å²) in [6, 6.07) is 26.8. The molecule has 0 fully saturated rings. The summed E-state index contributed by atoms with van der Waals surface area (Å²) in [5.74, 6) is 1.01. The molecule has 2 heterocycles. The van der Waals surface area contributed by atoms with Crippen LogP contribution in [0.5, 0.6) is 5.75 Å². The van der Waals surface area contributed by atoms with E-state index in [2.05, 4.69) is 43.3 Å². The van der Waals surface area contributed by atoms with E-state index in [1.807, 2.05) is 84.9 Å². The highest BCUT2D eigenvalue weighted by Gasteiger charge is 2.23. The third kappa shape index (κ3) is 7.29. The largest absolute Gasteiger partial charge is 0.497 e. The number of ether oxygens (including phenoxy) is 2. The van der Waals surface area contributed by atoms with Crippen molar-refractivity contribution in [1.29, 1.82) is 0 Å². The highest BCUT2D eigenvalue weighted by atomic mass is 16.5. The van der Waals surface area contributed by atoms with E-state index in [-0.39, 0.29) is 23.1 Å². The number of fused-ring (bicyclic) bond motifs is 1. The summed E-state index contributed by atoms with van der Waals surface area (Å²) in [6.45, 7) is 9.71. The van der Waals surface area contributed by atoms with Crippen LogP contribution in [0.3, 0.4) is 0 Å². The lowest BCUT2D eigenvalue weighted by molar-refractivity contribution is 0.115. The fourth-order valence-corrected chi connectivity index (χ4v) is 5.72. The molecule has 8 nitrogen and oxygen atoms in total. The van der Waals surface area contributed by atoms with Crippen molar-refractivity contribution >= 4 is 28.4 Å². The minimum absolute atomic E-state index is 0.171. The lowest BCUT2D eigenvalue weighted by Gasteiger charge is -2.22. The summed E-state index contributed by atoms with van der Waals surface area (Å²) in [6.07, 6.45) is 2.26. The predicted molar refractivity (Wildman–Crippen MR) is 186 cm³/mol. The molecule has 0 aliphatic heterocycles. The minimum Gasteiger partial charge on any atom is -0.497 e. The van der Waals surface area contributed by atoms with Gasteiger partial charge in [-0.1, -0.05) is 88.4 Å². The molecule has 0 bridgehead atoms. The van der Waals surface area contributed by atoms with E-state index >= 15 is 0 Å². The van der Waals surface area contributed by atoms with Gasteiger partial charge in [-0.2, -0.15) is 0 Å². The van der Waals surface area contributed by atoms with Crippen LogP contribution in [0.2, 0.25) is 0 Å². The number of para-hydroxylation sites is 1. The molecule has 2 aromatic heterocycles. The third-order valence-electron chi connectivity index (χ3n) is 8.01. The number of amides is 2. The Morgan fingerprint density at radius 1 is 0.848 bits per heavy atom. The molecule has 0 spiro atoms. The molecular formula is C38H42N4O4. The van der Waals surface area contributed by atoms with E-state index in [9.17, 15) is 9.59 Å². The number of hydrogen-bond acceptors (Lipinski definition) is 5. The van der Waals surface area contributed by atoms with Gasteiger partial charge >= 0.3 is 6.03 Å². The van der Waals surface area contributed by atoms with E-state index in [1.54, 1.807) is 17.9 Å². The molecule has 5 aromatic rings. The maximum atomic E-state index is 14.4. The normalized spacial score (nSPS) is 11.3. The van der Waals surface area contributed by atoms with Gasteiger partial charge in [0, 0.05) is 36.0 Å². The Morgan fingerprint density at radius 2 is 1.54 bits per heavy atom. The number of benzene rings is 3. The van der Waals surface area contributed by atoms with E-state index in [0.29, 0.717) is 43.1 Å². The van der Waals surface area contributed by atoms with E-state index < -0.39 is 6.03 Å². The molecule has 2 N–H and O–H groups in total. The summed E-state index contributed by atoms with van der Waals surface area (Å²) in [4.78, 5) is 32.8. The Kier molecular flexibility index (Phi) is 10.5. The number of carbonyl (C=O) groups is 1. The first-order valence-corrected chi connectivity index (χ1v) is 15.8. The number of nitrogens with one attached hydrogen (secondary N) is 2. The quantitative estimate of drug-likeness (QED) is 0.137. The Bertz CT molecular complexity index is 1840. The van der Waals surface area contributed by atoms with Gasteiger partial charge in [0.25, 0.3) is 5.56 Å². The van der Waals surface area contributed by atoms with Crippen molar-refractivity contribution in [2.75, 3.05) is 24.4 Å². The molecule has 0 atom stereocenters. The van der Waals surface area contributed by atoms with Gasteiger partial charge in [-0.05, 0) is 64.8 Å². The number of rotatable bonds is 12. The minimum atomic E-state index is -0.489. The SMILES string of the molecule is COc1cccc(-c2c(NC(=O)Nc3c(C(C)C)cccc3C(C)C)c(=O)n(CCCOCc3ccccc3)c3ncccc23)c1. The molecule has 0 unspecified atom stereocenters. The number of nitrogens with zero attached hydrogens (tertiary/aromatic N) is 2. The highest BCUT2D eigenvalue weighted by Crippen LogP contribution is 2.36. The fourth-order valence-electron chi connectivity index (χ4n) is 5.72. The molecule has 0 radical (unpaired) electrons. The van der Waals surface area contributed by atoms with Crippen molar-refractivity contribution in [2.45, 2.75) is 59.1 Å². The monoisotopic (exact) mass is 618 g/mol. The zero-order chi connectivity index (χ0) is 32.6. The molecule has 5 rings (SSSR count). The molecule has 0 aliphatic carbocycles. The number of aromatic nitrogens is 2. The number of hydrogen-bond donors (Lipinski definition) is 2. The van der Waals surface area contributed by atoms with Crippen LogP contribution in [0, 0.1) is 0 Å². The third-order valence-corrected chi connectivity index (χ3v) is 8.01. The molecular weight excluding hydrogens is 576 g/mol. The zero-order valence-corrected chi connectivity index (χ0v) is 27.2. The van der Waals surface area contributed by atoms with Gasteiger partial charge < -0.3 is 20.1 Å². The van der Waals surface area contributed by atoms with Crippen molar-refractivity contribution in [3.63, 3.8) is 0 Å². The molecule has 46 heavy (non-hydrogen) atoms. The first-order chi connectivity index (χ1) is 22.3. The number of anilines is 2. The second-order valence-corrected chi connectivity index (χ2v) is 11.9. The van der Waals surface area contributed by atoms with Crippen molar-refractivity contribution < 1.29 is 14.3 Å². The molecule has 238 valence electrons. The van der Waals surface area contributed by atoms with Gasteiger partial charge in [0.15, 0.2) is 0 Å². The number of pyridine rings is 2. The summed E-state index contributed by atoms with van der Waals surface area (Å²) in [5.41, 5.74) is 5.60. The maximum absolute atomic E-state index is 14.4. The molecule has 2 amide bonds. The number of methoxy groups -OCH3 is 1. The average Bonchev–Trinajstić information content (AvgIpc) is 3.06. The second kappa shape index (κ2) is 14.9. The molecule has 3 aromatic carbocycles. The average molecular weight is 619 g/mol. The maximum Gasteiger partial charge on any atom is 0.323 e. The summed E-state index contributed by atoms with van der Waals surface area (Å²) < 4.78 is 13.0. The lowest BCUT2D eigenvalue weighted by Crippen LogP contribution is -2.30. The highest BCUT2D eigenvalue weighted by molar-refractivity contribution is 6.07. The summed E-state index contributed by atoms with van der Waals surface area (Å²) in [5, 5.41) is 6.81. The molecule has 8 heteroatoms. The standard InChI is InChI=1S/C38H42N4O4/c1-25(2)30-17-10-18-31(26(3)4)34(30)40-38(44)41-35-33(28-15-9-16-29(23-28)45-5)32-19-11-20-39-36(32)42(37(35)43)21-12-22-46-24-27-13-7-6-8-14-27/h6-11,13-20,23,25-26H,12,21-22,24H2,1-5H3,(H2,40,41,44). The van der Waals surface area contributed by atoms with Crippen LogP contribution >= 0.6 is 0 Å². The number of urea groups is 1. The zero-order valence-electron chi connectivity index (χ0n) is 27.2. The van der Waals surface area contributed by atoms with Crippen molar-refractivity contribution in [3.05, 3.63) is 118 Å². The van der Waals surface area contributed by atoms with Gasteiger partial charge in [-0.3, -0.25) is 9.36 Å². The fraction of sp³-hybridized carbons (Fsp3) is 0.289. The van der Waals surface area contributed by atoms with Crippen LogP contribution in [-0.2, 0) is 17.9 Å². The molecule has 0 saturated heterocycles. The Hall–Kier alpha value is -4.95.